The van der Waals surface area contributed by atoms with E-state index in [-0.39, 0.29) is 0 Å². The van der Waals surface area contributed by atoms with Crippen LogP contribution in [-0.2, 0) is 0 Å². The molecule has 0 aromatic rings. The van der Waals surface area contributed by atoms with Crippen molar-refractivity contribution in [2.24, 2.45) is 0 Å². The summed E-state index contributed by atoms with van der Waals surface area (Å²) in [6.45, 7) is 8.50. The summed E-state index contributed by atoms with van der Waals surface area (Å²) in [7, 11) is 2.19. The molecule has 1 radical (unpaired) electrons. The molecule has 0 bridgehead atoms. The maximum Gasteiger partial charge on any atom is -0.00218 e. The van der Waals surface area contributed by atoms with Crippen molar-refractivity contribution in [1.29, 1.82) is 0 Å². The summed E-state index contributed by atoms with van der Waals surface area (Å²) in [4.78, 5) is 2.38. The number of nitrogens with zero attached hydrogens (tertiary/aromatic N) is 1. The standard InChI is InChI=1S/C9H20N/c1-4-6-8-10(3)9-7-5-2/h1,4-9H2,2-3H3. The van der Waals surface area contributed by atoms with E-state index in [2.05, 4.69) is 25.8 Å². The first-order valence-electron chi connectivity index (χ1n) is 4.29. The Kier molecular flexibility index (Phi) is 7.04. The third-order valence-electron chi connectivity index (χ3n) is 1.68. The highest BCUT2D eigenvalue weighted by molar-refractivity contribution is 4.51. The van der Waals surface area contributed by atoms with Crippen molar-refractivity contribution in [2.45, 2.75) is 32.6 Å². The maximum atomic E-state index is 3.81. The van der Waals surface area contributed by atoms with Gasteiger partial charge in [-0.3, -0.25) is 0 Å². The molecule has 0 N–H and O–H groups in total. The molecule has 0 heterocycles. The van der Waals surface area contributed by atoms with Gasteiger partial charge in [-0.2, -0.15) is 0 Å². The van der Waals surface area contributed by atoms with Crippen molar-refractivity contribution in [3.8, 4) is 0 Å². The Balaban J connectivity index is 3.00. The Morgan fingerprint density at radius 2 is 1.80 bits per heavy atom. The van der Waals surface area contributed by atoms with Gasteiger partial charge in [0.05, 0.1) is 0 Å². The molecule has 10 heavy (non-hydrogen) atoms. The van der Waals surface area contributed by atoms with Crippen LogP contribution < -0.4 is 0 Å². The third-order valence-corrected chi connectivity index (χ3v) is 1.68. The molecular weight excluding hydrogens is 122 g/mol. The molecule has 0 aliphatic carbocycles. The van der Waals surface area contributed by atoms with E-state index in [1.54, 1.807) is 0 Å². The summed E-state index contributed by atoms with van der Waals surface area (Å²) in [5.74, 6) is 0. The molecule has 0 aromatic carbocycles. The molecule has 1 heteroatoms. The fourth-order valence-electron chi connectivity index (χ4n) is 0.922. The predicted molar refractivity (Wildman–Crippen MR) is 47.0 cm³/mol. The van der Waals surface area contributed by atoms with Crippen molar-refractivity contribution in [1.82, 2.24) is 4.90 Å². The van der Waals surface area contributed by atoms with Crippen LogP contribution in [0.1, 0.15) is 32.6 Å². The minimum Gasteiger partial charge on any atom is -0.306 e. The largest absolute Gasteiger partial charge is 0.306 e. The second-order valence-corrected chi connectivity index (χ2v) is 2.86. The van der Waals surface area contributed by atoms with Crippen LogP contribution in [0.25, 0.3) is 0 Å². The van der Waals surface area contributed by atoms with Gasteiger partial charge >= 0.3 is 0 Å². The van der Waals surface area contributed by atoms with Crippen LogP contribution in [0.5, 0.6) is 0 Å². The maximum absolute atomic E-state index is 3.81. The molecule has 0 aromatic heterocycles. The molecule has 1 nitrogen and oxygen atoms in total. The molecule has 0 fully saturated rings. The van der Waals surface area contributed by atoms with Crippen molar-refractivity contribution in [3.05, 3.63) is 6.92 Å². The van der Waals surface area contributed by atoms with Crippen LogP contribution in [-0.4, -0.2) is 25.0 Å². The van der Waals surface area contributed by atoms with Crippen molar-refractivity contribution in [3.63, 3.8) is 0 Å². The van der Waals surface area contributed by atoms with Gasteiger partial charge in [0, 0.05) is 0 Å². The van der Waals surface area contributed by atoms with E-state index in [0.717, 1.165) is 6.42 Å². The van der Waals surface area contributed by atoms with Gasteiger partial charge in [0.2, 0.25) is 0 Å². The molecule has 0 amide bonds. The fourth-order valence-corrected chi connectivity index (χ4v) is 0.922. The predicted octanol–water partition coefficient (Wildman–Crippen LogP) is 2.33. The lowest BCUT2D eigenvalue weighted by atomic mass is 10.3. The lowest BCUT2D eigenvalue weighted by molar-refractivity contribution is 0.324. The van der Waals surface area contributed by atoms with E-state index < -0.39 is 0 Å². The molecule has 0 atom stereocenters. The normalized spacial score (nSPS) is 10.8. The second kappa shape index (κ2) is 7.07. The van der Waals surface area contributed by atoms with Crippen LogP contribution in [0.15, 0.2) is 0 Å². The minimum absolute atomic E-state index is 1.07. The monoisotopic (exact) mass is 142 g/mol. The zero-order valence-corrected chi connectivity index (χ0v) is 7.40. The zero-order valence-electron chi connectivity index (χ0n) is 7.40. The lowest BCUT2D eigenvalue weighted by Gasteiger charge is -2.14. The highest BCUT2D eigenvalue weighted by Crippen LogP contribution is 1.94. The summed E-state index contributed by atoms with van der Waals surface area (Å²) in [6.07, 6.45) is 4.93. The highest BCUT2D eigenvalue weighted by atomic mass is 15.1. The van der Waals surface area contributed by atoms with Gasteiger partial charge in [-0.1, -0.05) is 26.7 Å². The van der Waals surface area contributed by atoms with Crippen LogP contribution in [0.2, 0.25) is 0 Å². The van der Waals surface area contributed by atoms with E-state index in [1.807, 2.05) is 0 Å². The molecule has 0 spiro atoms. The zero-order chi connectivity index (χ0) is 7.82. The van der Waals surface area contributed by atoms with Crippen LogP contribution in [0.3, 0.4) is 0 Å². The van der Waals surface area contributed by atoms with Crippen molar-refractivity contribution < 1.29 is 0 Å². The van der Waals surface area contributed by atoms with E-state index in [0.29, 0.717) is 0 Å². The molecule has 0 saturated heterocycles. The van der Waals surface area contributed by atoms with Crippen LogP contribution >= 0.6 is 0 Å². The Hall–Kier alpha value is -0.0400. The molecule has 61 valence electrons. The molecule has 0 unspecified atom stereocenters. The van der Waals surface area contributed by atoms with Gasteiger partial charge < -0.3 is 4.90 Å². The third kappa shape index (κ3) is 6.09. The Morgan fingerprint density at radius 1 is 1.20 bits per heavy atom. The Labute approximate surface area is 65.4 Å². The molecular formula is C9H20N. The first kappa shape index (κ1) is 9.96. The second-order valence-electron chi connectivity index (χ2n) is 2.86. The van der Waals surface area contributed by atoms with Gasteiger partial charge in [0.1, 0.15) is 0 Å². The van der Waals surface area contributed by atoms with Crippen LogP contribution in [0.4, 0.5) is 0 Å². The van der Waals surface area contributed by atoms with E-state index in [9.17, 15) is 0 Å². The van der Waals surface area contributed by atoms with Crippen molar-refractivity contribution >= 4 is 0 Å². The smallest absolute Gasteiger partial charge is 0.00218 e. The summed E-state index contributed by atoms with van der Waals surface area (Å²) in [6, 6.07) is 0. The quantitative estimate of drug-likeness (QED) is 0.550. The number of rotatable bonds is 6. The molecule has 0 aliphatic rings. The van der Waals surface area contributed by atoms with Crippen molar-refractivity contribution in [2.75, 3.05) is 20.1 Å². The minimum atomic E-state index is 1.07. The molecule has 0 rings (SSSR count). The van der Waals surface area contributed by atoms with Gasteiger partial charge in [-0.25, -0.2) is 0 Å². The van der Waals surface area contributed by atoms with E-state index >= 15 is 0 Å². The topological polar surface area (TPSA) is 3.24 Å². The summed E-state index contributed by atoms with van der Waals surface area (Å²) in [5.41, 5.74) is 0. The number of unbranched alkanes of at least 4 members (excludes halogenated alkanes) is 2. The van der Waals surface area contributed by atoms with Gasteiger partial charge in [0.25, 0.3) is 0 Å². The molecule has 0 saturated carbocycles. The fraction of sp³-hybridized carbons (Fsp3) is 0.889. The van der Waals surface area contributed by atoms with E-state index in [4.69, 9.17) is 0 Å². The SMILES string of the molecule is [CH2]CCCN(C)CCCC. The summed E-state index contributed by atoms with van der Waals surface area (Å²) in [5, 5.41) is 0. The number of hydrogen-bond donors (Lipinski definition) is 0. The Morgan fingerprint density at radius 3 is 2.30 bits per heavy atom. The van der Waals surface area contributed by atoms with E-state index in [1.165, 1.54) is 32.4 Å². The van der Waals surface area contributed by atoms with Gasteiger partial charge in [-0.05, 0) is 33.0 Å². The first-order chi connectivity index (χ1) is 4.81. The lowest BCUT2D eigenvalue weighted by Crippen LogP contribution is -2.20. The average Bonchev–Trinajstić information content (AvgIpc) is 1.97. The van der Waals surface area contributed by atoms with Gasteiger partial charge in [0.15, 0.2) is 0 Å². The number of hydrogen-bond acceptors (Lipinski definition) is 1. The van der Waals surface area contributed by atoms with Crippen LogP contribution in [0, 0.1) is 6.92 Å². The summed E-state index contributed by atoms with van der Waals surface area (Å²) >= 11 is 0. The Bertz CT molecular complexity index is 53.7. The highest BCUT2D eigenvalue weighted by Gasteiger charge is 1.94. The first-order valence-corrected chi connectivity index (χ1v) is 4.29. The molecule has 0 aliphatic heterocycles. The average molecular weight is 142 g/mol. The summed E-state index contributed by atoms with van der Waals surface area (Å²) < 4.78 is 0. The van der Waals surface area contributed by atoms with Gasteiger partial charge in [-0.15, -0.1) is 0 Å².